The number of nitrogens with zero attached hydrogens (tertiary/aromatic N) is 1. The summed E-state index contributed by atoms with van der Waals surface area (Å²) in [5.41, 5.74) is 0. The summed E-state index contributed by atoms with van der Waals surface area (Å²) in [6, 6.07) is 0.110. The van der Waals surface area contributed by atoms with Crippen molar-refractivity contribution < 1.29 is 23.9 Å². The van der Waals surface area contributed by atoms with Crippen molar-refractivity contribution in [2.75, 3.05) is 33.4 Å². The third-order valence-corrected chi connectivity index (χ3v) is 3.59. The van der Waals surface area contributed by atoms with Gasteiger partial charge in [-0.15, -0.1) is 0 Å². The third-order valence-electron chi connectivity index (χ3n) is 3.59. The van der Waals surface area contributed by atoms with Crippen molar-refractivity contribution in [2.45, 2.75) is 45.1 Å². The van der Waals surface area contributed by atoms with E-state index in [0.717, 1.165) is 12.8 Å². The van der Waals surface area contributed by atoms with Gasteiger partial charge in [-0.1, -0.05) is 0 Å². The molecule has 0 aromatic carbocycles. The highest BCUT2D eigenvalue weighted by molar-refractivity contribution is 5.81. The van der Waals surface area contributed by atoms with Crippen LogP contribution in [-0.4, -0.2) is 62.1 Å². The fraction of sp³-hybridized carbons (Fsp3) is 0.800. The standard InChI is InChI=1S/C15H26N2O5/c1-3-22-15(20)5-4-14(19)17-9-6-12(7-10-17)16-13(18)8-11-21-2/h12H,3-11H2,1-2H3,(H,16,18). The van der Waals surface area contributed by atoms with E-state index in [1.807, 2.05) is 0 Å². The molecule has 1 aliphatic heterocycles. The number of esters is 1. The van der Waals surface area contributed by atoms with E-state index in [4.69, 9.17) is 9.47 Å². The maximum absolute atomic E-state index is 12.0. The van der Waals surface area contributed by atoms with Gasteiger partial charge in [0, 0.05) is 39.1 Å². The Morgan fingerprint density at radius 3 is 2.41 bits per heavy atom. The molecule has 1 rings (SSSR count). The molecule has 0 radical (unpaired) electrons. The molecule has 0 saturated carbocycles. The number of nitrogens with one attached hydrogen (secondary N) is 1. The molecule has 0 spiro atoms. The Morgan fingerprint density at radius 2 is 1.82 bits per heavy atom. The first-order valence-corrected chi connectivity index (χ1v) is 7.78. The monoisotopic (exact) mass is 314 g/mol. The van der Waals surface area contributed by atoms with Gasteiger partial charge in [-0.2, -0.15) is 0 Å². The van der Waals surface area contributed by atoms with Crippen molar-refractivity contribution in [1.29, 1.82) is 0 Å². The Morgan fingerprint density at radius 1 is 1.14 bits per heavy atom. The molecule has 1 N–H and O–H groups in total. The van der Waals surface area contributed by atoms with Crippen molar-refractivity contribution in [1.82, 2.24) is 10.2 Å². The number of rotatable bonds is 8. The Kier molecular flexibility index (Phi) is 8.50. The second-order valence-corrected chi connectivity index (χ2v) is 5.27. The molecule has 0 aromatic rings. The molecule has 7 nitrogen and oxygen atoms in total. The van der Waals surface area contributed by atoms with Crippen molar-refractivity contribution in [3.8, 4) is 0 Å². The topological polar surface area (TPSA) is 84.9 Å². The molecule has 0 unspecified atom stereocenters. The van der Waals surface area contributed by atoms with Crippen LogP contribution in [0.15, 0.2) is 0 Å². The number of carbonyl (C=O) groups excluding carboxylic acids is 3. The van der Waals surface area contributed by atoms with Crippen LogP contribution in [0.5, 0.6) is 0 Å². The van der Waals surface area contributed by atoms with Gasteiger partial charge in [-0.3, -0.25) is 14.4 Å². The van der Waals surface area contributed by atoms with E-state index in [-0.39, 0.29) is 36.7 Å². The number of hydrogen-bond acceptors (Lipinski definition) is 5. The van der Waals surface area contributed by atoms with E-state index >= 15 is 0 Å². The predicted molar refractivity (Wildman–Crippen MR) is 80.1 cm³/mol. The molecule has 0 aromatic heterocycles. The van der Waals surface area contributed by atoms with Gasteiger partial charge in [0.2, 0.25) is 11.8 Å². The van der Waals surface area contributed by atoms with Gasteiger partial charge in [0.15, 0.2) is 0 Å². The van der Waals surface area contributed by atoms with E-state index in [2.05, 4.69) is 5.32 Å². The Bertz CT molecular complexity index is 378. The molecule has 0 aliphatic carbocycles. The molecule has 0 atom stereocenters. The van der Waals surface area contributed by atoms with Crippen LogP contribution in [0.4, 0.5) is 0 Å². The molecule has 0 bridgehead atoms. The van der Waals surface area contributed by atoms with E-state index in [9.17, 15) is 14.4 Å². The molecule has 22 heavy (non-hydrogen) atoms. The first kappa shape index (κ1) is 18.4. The predicted octanol–water partition coefficient (Wildman–Crippen LogP) is 0.473. The highest BCUT2D eigenvalue weighted by Crippen LogP contribution is 2.12. The van der Waals surface area contributed by atoms with Crippen LogP contribution < -0.4 is 5.32 Å². The number of piperidine rings is 1. The smallest absolute Gasteiger partial charge is 0.306 e. The Balaban J connectivity index is 2.22. The van der Waals surface area contributed by atoms with E-state index in [1.165, 1.54) is 0 Å². The number of likely N-dealkylation sites (tertiary alicyclic amines) is 1. The van der Waals surface area contributed by atoms with E-state index in [0.29, 0.717) is 32.7 Å². The molecule has 126 valence electrons. The van der Waals surface area contributed by atoms with Crippen LogP contribution in [0.3, 0.4) is 0 Å². The zero-order valence-electron chi connectivity index (χ0n) is 13.4. The second kappa shape index (κ2) is 10.2. The summed E-state index contributed by atoms with van der Waals surface area (Å²) in [6.45, 7) is 3.71. The minimum absolute atomic E-state index is 0.0195. The summed E-state index contributed by atoms with van der Waals surface area (Å²) in [7, 11) is 1.56. The zero-order chi connectivity index (χ0) is 16.4. The number of methoxy groups -OCH3 is 1. The fourth-order valence-electron chi connectivity index (χ4n) is 2.37. The largest absolute Gasteiger partial charge is 0.466 e. The molecule has 1 fully saturated rings. The Labute approximate surface area is 131 Å². The average molecular weight is 314 g/mol. The zero-order valence-corrected chi connectivity index (χ0v) is 13.4. The lowest BCUT2D eigenvalue weighted by Crippen LogP contribution is -2.46. The summed E-state index contributed by atoms with van der Waals surface area (Å²) in [5, 5.41) is 2.95. The molecular weight excluding hydrogens is 288 g/mol. The van der Waals surface area contributed by atoms with Gasteiger partial charge in [0.25, 0.3) is 0 Å². The molecule has 1 heterocycles. The van der Waals surface area contributed by atoms with Crippen LogP contribution in [0.2, 0.25) is 0 Å². The van der Waals surface area contributed by atoms with Gasteiger partial charge < -0.3 is 19.7 Å². The lowest BCUT2D eigenvalue weighted by atomic mass is 10.0. The third kappa shape index (κ3) is 6.89. The lowest BCUT2D eigenvalue weighted by molar-refractivity contribution is -0.146. The van der Waals surface area contributed by atoms with Crippen LogP contribution in [0.1, 0.15) is 39.0 Å². The number of ether oxygens (including phenoxy) is 2. The average Bonchev–Trinajstić information content (AvgIpc) is 2.51. The Hall–Kier alpha value is -1.63. The van der Waals surface area contributed by atoms with Crippen molar-refractivity contribution in [3.63, 3.8) is 0 Å². The minimum Gasteiger partial charge on any atom is -0.466 e. The number of amides is 2. The summed E-state index contributed by atoms with van der Waals surface area (Å²) < 4.78 is 9.67. The van der Waals surface area contributed by atoms with Crippen molar-refractivity contribution >= 4 is 17.8 Å². The van der Waals surface area contributed by atoms with Crippen LogP contribution in [-0.2, 0) is 23.9 Å². The first-order valence-electron chi connectivity index (χ1n) is 7.78. The molecular formula is C15H26N2O5. The van der Waals surface area contributed by atoms with Crippen molar-refractivity contribution in [2.24, 2.45) is 0 Å². The maximum Gasteiger partial charge on any atom is 0.306 e. The maximum atomic E-state index is 12.0. The van der Waals surface area contributed by atoms with E-state index < -0.39 is 0 Å². The van der Waals surface area contributed by atoms with Gasteiger partial charge >= 0.3 is 5.97 Å². The van der Waals surface area contributed by atoms with Crippen LogP contribution in [0.25, 0.3) is 0 Å². The number of hydrogen-bond donors (Lipinski definition) is 1. The summed E-state index contributed by atoms with van der Waals surface area (Å²) in [4.78, 5) is 36.6. The van der Waals surface area contributed by atoms with Gasteiger partial charge in [-0.05, 0) is 19.8 Å². The SMILES string of the molecule is CCOC(=O)CCC(=O)N1CCC(NC(=O)CCOC)CC1. The quantitative estimate of drug-likeness (QED) is 0.659. The molecule has 1 aliphatic rings. The van der Waals surface area contributed by atoms with Crippen LogP contribution >= 0.6 is 0 Å². The van der Waals surface area contributed by atoms with Crippen LogP contribution in [0, 0.1) is 0 Å². The van der Waals surface area contributed by atoms with E-state index in [1.54, 1.807) is 18.9 Å². The summed E-state index contributed by atoms with van der Waals surface area (Å²) in [6.07, 6.45) is 2.15. The summed E-state index contributed by atoms with van der Waals surface area (Å²) >= 11 is 0. The lowest BCUT2D eigenvalue weighted by Gasteiger charge is -2.32. The number of carbonyl (C=O) groups is 3. The molecule has 7 heteroatoms. The normalized spacial score (nSPS) is 15.5. The highest BCUT2D eigenvalue weighted by Gasteiger charge is 2.24. The minimum atomic E-state index is -0.337. The molecule has 1 saturated heterocycles. The van der Waals surface area contributed by atoms with Crippen molar-refractivity contribution in [3.05, 3.63) is 0 Å². The summed E-state index contributed by atoms with van der Waals surface area (Å²) in [5.74, 6) is -0.387. The highest BCUT2D eigenvalue weighted by atomic mass is 16.5. The second-order valence-electron chi connectivity index (χ2n) is 5.27. The van der Waals surface area contributed by atoms with Gasteiger partial charge in [0.1, 0.15) is 0 Å². The molecule has 2 amide bonds. The van der Waals surface area contributed by atoms with Gasteiger partial charge in [0.05, 0.1) is 19.6 Å². The fourth-order valence-corrected chi connectivity index (χ4v) is 2.37. The first-order chi connectivity index (χ1) is 10.6. The van der Waals surface area contributed by atoms with Gasteiger partial charge in [-0.25, -0.2) is 0 Å².